The van der Waals surface area contributed by atoms with Gasteiger partial charge in [-0.1, -0.05) is 127 Å². The molecule has 6 aromatic carbocycles. The second kappa shape index (κ2) is 20.8. The number of anilines is 2. The van der Waals surface area contributed by atoms with Crippen molar-refractivity contribution in [3.05, 3.63) is 195 Å². The molecule has 3 fully saturated rings. The van der Waals surface area contributed by atoms with Crippen molar-refractivity contribution in [2.75, 3.05) is 23.4 Å². The molecule has 0 bridgehead atoms. The third-order valence-electron chi connectivity index (χ3n) is 14.9. The number of morpholine rings is 1. The topological polar surface area (TPSA) is 211 Å². The Balaban J connectivity index is 1.18. The van der Waals surface area contributed by atoms with Gasteiger partial charge in [0.05, 0.1) is 45.4 Å². The van der Waals surface area contributed by atoms with Crippen LogP contribution in [0.2, 0.25) is 0 Å². The van der Waals surface area contributed by atoms with Crippen LogP contribution in [-0.2, 0) is 35.9 Å². The molecule has 11 rings (SSSR count). The summed E-state index contributed by atoms with van der Waals surface area (Å²) in [5.74, 6) is 2.35. The lowest BCUT2D eigenvalue weighted by molar-refractivity contribution is -0.384. The number of hydrogen-bond donors (Lipinski definition) is 3. The van der Waals surface area contributed by atoms with Crippen molar-refractivity contribution in [1.29, 1.82) is 0 Å². The highest BCUT2D eigenvalue weighted by molar-refractivity contribution is 7.22. The minimum absolute atomic E-state index is 0.0399. The van der Waals surface area contributed by atoms with Gasteiger partial charge in [0, 0.05) is 23.3 Å². The number of carbonyl (C=O) groups excluding carboxylic acids is 4. The molecule has 0 radical (unpaired) electrons. The Morgan fingerprint density at radius 2 is 1.53 bits per heavy atom. The first-order valence-electron chi connectivity index (χ1n) is 25.2. The summed E-state index contributed by atoms with van der Waals surface area (Å²) in [5, 5.41) is 36.7. The predicted octanol–water partition coefficient (Wildman–Crippen LogP) is 9.65. The number of aliphatic hydroxyl groups excluding tert-OH is 1. The van der Waals surface area contributed by atoms with Crippen LogP contribution in [-0.4, -0.2) is 73.8 Å². The Morgan fingerprint density at radius 3 is 2.24 bits per heavy atom. The first-order chi connectivity index (χ1) is 37.0. The SMILES string of the molecule is O=C1OC(c2ccccc2)C(c2ccccc2)N2C1C(C(=O)Nc1nc3ccccc3s1)C1(C(=O)N(C(=O)OCc3ccc([N+](=O)[O-])cc3)c3ccc(C#CC4(O)CCCCCC4)cc31)C2c1ccccc1OCCO. The fraction of sp³-hybridized carbons (Fsp3) is 0.271. The van der Waals surface area contributed by atoms with E-state index in [2.05, 4.69) is 17.2 Å². The number of imide groups is 1. The number of fused-ring (bicyclic) bond motifs is 4. The largest absolute Gasteiger partial charge is 0.491 e. The van der Waals surface area contributed by atoms with E-state index in [0.717, 1.165) is 35.3 Å². The number of rotatable bonds is 11. The van der Waals surface area contributed by atoms with Crippen LogP contribution in [0.4, 0.5) is 21.3 Å². The number of nitrogens with zero attached hydrogens (tertiary/aromatic N) is 4. The number of para-hydroxylation sites is 2. The minimum atomic E-state index is -2.25. The van der Waals surface area contributed by atoms with Gasteiger partial charge in [0.2, 0.25) is 11.8 Å². The number of aromatic nitrogens is 1. The molecule has 7 aromatic rings. The van der Waals surface area contributed by atoms with Gasteiger partial charge < -0.3 is 29.7 Å². The lowest BCUT2D eigenvalue weighted by atomic mass is 9.65. The molecule has 17 heteroatoms. The number of carbonyl (C=O) groups is 4. The number of ether oxygens (including phenoxy) is 3. The molecule has 1 spiro atoms. The van der Waals surface area contributed by atoms with Gasteiger partial charge in [-0.15, -0.1) is 0 Å². The molecule has 16 nitrogen and oxygen atoms in total. The van der Waals surface area contributed by atoms with E-state index in [9.17, 15) is 20.3 Å². The quantitative estimate of drug-likeness (QED) is 0.0363. The second-order valence-electron chi connectivity index (χ2n) is 19.4. The first kappa shape index (κ1) is 49.9. The maximum absolute atomic E-state index is 16.8. The molecule has 1 saturated carbocycles. The van der Waals surface area contributed by atoms with Crippen molar-refractivity contribution < 1.29 is 48.5 Å². The summed E-state index contributed by atoms with van der Waals surface area (Å²) >= 11 is 1.21. The van der Waals surface area contributed by atoms with Crippen molar-refractivity contribution in [3.63, 3.8) is 0 Å². The molecule has 3 amide bonds. The summed E-state index contributed by atoms with van der Waals surface area (Å²) in [5.41, 5.74) is -0.516. The fourth-order valence-electron chi connectivity index (χ4n) is 11.6. The van der Waals surface area contributed by atoms with Gasteiger partial charge in [-0.05, 0) is 96.5 Å². The zero-order chi connectivity index (χ0) is 52.6. The average Bonchev–Trinajstić information content (AvgIpc) is 4.20. The molecule has 2 saturated heterocycles. The predicted molar refractivity (Wildman–Crippen MR) is 282 cm³/mol. The molecule has 6 unspecified atom stereocenters. The summed E-state index contributed by atoms with van der Waals surface area (Å²) in [7, 11) is 0. The molecule has 3 N–H and O–H groups in total. The van der Waals surface area contributed by atoms with E-state index in [-0.39, 0.29) is 41.0 Å². The van der Waals surface area contributed by atoms with Crippen LogP contribution in [0.25, 0.3) is 10.2 Å². The number of nitro groups is 1. The van der Waals surface area contributed by atoms with Gasteiger partial charge in [-0.25, -0.2) is 14.7 Å². The molecule has 6 atom stereocenters. The Hall–Kier alpha value is -8.27. The molecular weight excluding hydrogens is 987 g/mol. The van der Waals surface area contributed by atoms with Crippen LogP contribution in [0.5, 0.6) is 5.75 Å². The van der Waals surface area contributed by atoms with Gasteiger partial charge in [0.25, 0.3) is 5.69 Å². The van der Waals surface area contributed by atoms with E-state index in [0.29, 0.717) is 46.2 Å². The molecule has 4 heterocycles. The van der Waals surface area contributed by atoms with Gasteiger partial charge in [0.1, 0.15) is 42.1 Å². The number of nitro benzene ring substituents is 1. The van der Waals surface area contributed by atoms with E-state index in [1.807, 2.05) is 83.8 Å². The molecule has 1 aromatic heterocycles. The number of thiazole rings is 1. The van der Waals surface area contributed by atoms with Crippen LogP contribution < -0.4 is 15.0 Å². The number of non-ortho nitro benzene ring substituents is 1. The second-order valence-corrected chi connectivity index (χ2v) is 20.4. The Labute approximate surface area is 441 Å². The number of nitrogens with one attached hydrogen (secondary N) is 1. The minimum Gasteiger partial charge on any atom is -0.491 e. The van der Waals surface area contributed by atoms with Crippen LogP contribution in [0.15, 0.2) is 152 Å². The molecule has 3 aliphatic heterocycles. The third kappa shape index (κ3) is 9.02. The summed E-state index contributed by atoms with van der Waals surface area (Å²) in [6, 6.07) is 39.2. The lowest BCUT2D eigenvalue weighted by Crippen LogP contribution is -2.54. The Kier molecular flexibility index (Phi) is 13.7. The average molecular weight is 1040 g/mol. The van der Waals surface area contributed by atoms with Crippen LogP contribution in [0, 0.1) is 27.9 Å². The van der Waals surface area contributed by atoms with E-state index in [1.165, 1.54) is 35.6 Å². The van der Waals surface area contributed by atoms with Crippen molar-refractivity contribution >= 4 is 61.9 Å². The molecule has 1 aliphatic carbocycles. The molecule has 384 valence electrons. The highest BCUT2D eigenvalue weighted by Gasteiger charge is 2.76. The van der Waals surface area contributed by atoms with Crippen molar-refractivity contribution in [1.82, 2.24) is 9.88 Å². The number of cyclic esters (lactones) is 1. The van der Waals surface area contributed by atoms with Crippen LogP contribution in [0.1, 0.15) is 90.1 Å². The third-order valence-corrected chi connectivity index (χ3v) is 15.8. The fourth-order valence-corrected chi connectivity index (χ4v) is 12.5. The maximum atomic E-state index is 16.8. The Bertz CT molecular complexity index is 3390. The number of hydrogen-bond acceptors (Lipinski definition) is 14. The van der Waals surface area contributed by atoms with E-state index < -0.39 is 76.6 Å². The normalized spacial score (nSPS) is 22.7. The Morgan fingerprint density at radius 1 is 0.842 bits per heavy atom. The maximum Gasteiger partial charge on any atom is 0.421 e. The van der Waals surface area contributed by atoms with Gasteiger partial charge in [0.15, 0.2) is 5.13 Å². The highest BCUT2D eigenvalue weighted by Crippen LogP contribution is 2.67. The monoisotopic (exact) mass is 1040 g/mol. The van der Waals surface area contributed by atoms with E-state index in [1.54, 1.807) is 48.5 Å². The number of esters is 1. The highest BCUT2D eigenvalue weighted by atomic mass is 32.1. The van der Waals surface area contributed by atoms with Crippen LogP contribution >= 0.6 is 11.3 Å². The van der Waals surface area contributed by atoms with Crippen molar-refractivity contribution in [2.24, 2.45) is 5.92 Å². The number of benzene rings is 6. The van der Waals surface area contributed by atoms with Gasteiger partial charge in [-0.3, -0.25) is 29.4 Å². The number of aliphatic hydroxyl groups is 2. The van der Waals surface area contributed by atoms with Crippen LogP contribution in [0.3, 0.4) is 0 Å². The van der Waals surface area contributed by atoms with Crippen molar-refractivity contribution in [3.8, 4) is 17.6 Å². The summed E-state index contributed by atoms with van der Waals surface area (Å²) in [6.45, 7) is -0.931. The summed E-state index contributed by atoms with van der Waals surface area (Å²) < 4.78 is 19.7. The van der Waals surface area contributed by atoms with Gasteiger partial charge >= 0.3 is 12.1 Å². The smallest absolute Gasteiger partial charge is 0.421 e. The summed E-state index contributed by atoms with van der Waals surface area (Å²) in [4.78, 5) is 82.2. The number of amides is 3. The standard InChI is InChI=1S/C59H51N5O11S/c65-33-34-73-46-21-11-9-19-42(46)52-59(43-35-37(29-32-58(70)30-13-1-2-14-31-58)25-28-45(43)62(55(59)68)57(69)74-36-38-23-26-41(27-24-38)64(71)72)48(53(66)61-56-60-44-20-10-12-22-47(44)76-56)50-54(67)75-51(40-17-7-4-8-18-40)49(63(50)52)39-15-5-3-6-16-39/h3-12,15-28,35,48-52,65,70H,1-2,13-14,30-31,33-34,36H2,(H,60,61,66). The summed E-state index contributed by atoms with van der Waals surface area (Å²) in [6.07, 6.45) is 2.28. The molecule has 4 aliphatic rings. The van der Waals surface area contributed by atoms with Gasteiger partial charge in [-0.2, -0.15) is 0 Å². The van der Waals surface area contributed by atoms with Crippen molar-refractivity contribution in [2.45, 2.75) is 80.4 Å². The molecule has 76 heavy (non-hydrogen) atoms. The zero-order valence-corrected chi connectivity index (χ0v) is 41.8. The van der Waals surface area contributed by atoms with E-state index in [4.69, 9.17) is 19.2 Å². The first-order valence-corrected chi connectivity index (χ1v) is 26.0. The zero-order valence-electron chi connectivity index (χ0n) is 41.0. The molecular formula is C59H51N5O11S. The van der Waals surface area contributed by atoms with E-state index >= 15 is 19.2 Å². The lowest BCUT2D eigenvalue weighted by Gasteiger charge is -2.46.